The van der Waals surface area contributed by atoms with Crippen LogP contribution in [0, 0.1) is 0 Å². The average molecular weight is 315 g/mol. The summed E-state index contributed by atoms with van der Waals surface area (Å²) >= 11 is 1.22. The van der Waals surface area contributed by atoms with E-state index in [0.717, 1.165) is 4.70 Å². The number of para-hydroxylation sites is 2. The van der Waals surface area contributed by atoms with Gasteiger partial charge in [-0.05, 0) is 24.3 Å². The predicted molar refractivity (Wildman–Crippen MR) is 82.8 cm³/mol. The highest BCUT2D eigenvalue weighted by Crippen LogP contribution is 2.34. The lowest BCUT2D eigenvalue weighted by Gasteiger charge is -2.25. The molecule has 0 aliphatic rings. The van der Waals surface area contributed by atoms with Crippen molar-refractivity contribution in [1.29, 1.82) is 0 Å². The molecule has 2 N–H and O–H groups in total. The van der Waals surface area contributed by atoms with Crippen LogP contribution in [0.4, 0.5) is 0 Å². The second-order valence-corrected chi connectivity index (χ2v) is 5.79. The van der Waals surface area contributed by atoms with E-state index in [0.29, 0.717) is 11.3 Å². The van der Waals surface area contributed by atoms with Crippen molar-refractivity contribution < 1.29 is 19.7 Å². The molecule has 0 aliphatic carbocycles. The number of aliphatic hydroxyl groups is 1. The second-order valence-electron chi connectivity index (χ2n) is 4.76. The number of carbonyl (C=O) groups is 1. The highest BCUT2D eigenvalue weighted by Gasteiger charge is 2.38. The fourth-order valence-electron chi connectivity index (χ4n) is 2.08. The molecule has 6 heteroatoms. The lowest BCUT2D eigenvalue weighted by molar-refractivity contribution is -0.173. The predicted octanol–water partition coefficient (Wildman–Crippen LogP) is 3.00. The van der Waals surface area contributed by atoms with E-state index < -0.39 is 18.2 Å². The monoisotopic (exact) mass is 315 g/mol. The van der Waals surface area contributed by atoms with Gasteiger partial charge in [0.15, 0.2) is 5.01 Å². The number of aromatic nitrogens is 1. The molecule has 0 fully saturated rings. The quantitative estimate of drug-likeness (QED) is 0.708. The smallest absolute Gasteiger partial charge is 0.310 e. The number of benzene rings is 2. The van der Waals surface area contributed by atoms with E-state index >= 15 is 0 Å². The highest BCUT2D eigenvalue weighted by atomic mass is 32.1. The molecular weight excluding hydrogens is 302 g/mol. The van der Waals surface area contributed by atoms with Crippen LogP contribution in [0.3, 0.4) is 0 Å². The van der Waals surface area contributed by atoms with E-state index in [1.165, 1.54) is 11.3 Å². The molecule has 0 amide bonds. The molecule has 0 saturated carbocycles. The van der Waals surface area contributed by atoms with Crippen molar-refractivity contribution in [2.45, 2.75) is 12.2 Å². The number of hydrogen-bond acceptors (Lipinski definition) is 5. The number of fused-ring (bicyclic) bond motifs is 1. The first kappa shape index (κ1) is 14.5. The van der Waals surface area contributed by atoms with Gasteiger partial charge in [-0.1, -0.05) is 30.3 Å². The molecule has 5 nitrogen and oxygen atoms in total. The Balaban J connectivity index is 2.02. The van der Waals surface area contributed by atoms with Crippen LogP contribution in [0.5, 0.6) is 5.75 Å². The van der Waals surface area contributed by atoms with Crippen LogP contribution in [0.2, 0.25) is 0 Å². The van der Waals surface area contributed by atoms with Gasteiger partial charge in [-0.15, -0.1) is 11.3 Å². The van der Waals surface area contributed by atoms with Crippen LogP contribution in [-0.4, -0.2) is 21.2 Å². The SMILES string of the molecule is O=C(O)CC(O)(Oc1ccccc1)c1nc2ccccc2s1. The highest BCUT2D eigenvalue weighted by molar-refractivity contribution is 7.18. The molecular formula is C16H13NO4S. The van der Waals surface area contributed by atoms with E-state index in [9.17, 15) is 9.90 Å². The maximum Gasteiger partial charge on any atom is 0.310 e. The number of ether oxygens (including phenoxy) is 1. The Morgan fingerprint density at radius 2 is 1.82 bits per heavy atom. The number of aliphatic carboxylic acids is 1. The normalized spacial score (nSPS) is 13.7. The van der Waals surface area contributed by atoms with Crippen molar-refractivity contribution >= 4 is 27.5 Å². The molecule has 1 heterocycles. The molecule has 2 aromatic carbocycles. The van der Waals surface area contributed by atoms with Crippen molar-refractivity contribution in [3.05, 3.63) is 59.6 Å². The van der Waals surface area contributed by atoms with Gasteiger partial charge in [0.1, 0.15) is 12.2 Å². The Kier molecular flexibility index (Phi) is 3.79. The van der Waals surface area contributed by atoms with Crippen LogP contribution >= 0.6 is 11.3 Å². The fourth-order valence-corrected chi connectivity index (χ4v) is 3.07. The Labute approximate surface area is 130 Å². The number of carboxylic acid groups (broad SMARTS) is 1. The van der Waals surface area contributed by atoms with Crippen molar-refractivity contribution in [3.63, 3.8) is 0 Å². The molecule has 1 unspecified atom stereocenters. The molecule has 3 aromatic rings. The Morgan fingerprint density at radius 1 is 1.14 bits per heavy atom. The van der Waals surface area contributed by atoms with Crippen LogP contribution in [-0.2, 0) is 10.6 Å². The van der Waals surface area contributed by atoms with Gasteiger partial charge in [0.2, 0.25) is 0 Å². The maximum atomic E-state index is 11.1. The lowest BCUT2D eigenvalue weighted by Crippen LogP contribution is -2.35. The van der Waals surface area contributed by atoms with Gasteiger partial charge in [-0.3, -0.25) is 4.79 Å². The zero-order valence-corrected chi connectivity index (χ0v) is 12.3. The van der Waals surface area contributed by atoms with Gasteiger partial charge in [-0.2, -0.15) is 0 Å². The van der Waals surface area contributed by atoms with Crippen molar-refractivity contribution in [2.75, 3.05) is 0 Å². The molecule has 0 aliphatic heterocycles. The zero-order chi connectivity index (χ0) is 15.6. The maximum absolute atomic E-state index is 11.1. The van der Waals surface area contributed by atoms with E-state index in [2.05, 4.69) is 4.98 Å². The summed E-state index contributed by atoms with van der Waals surface area (Å²) in [5, 5.41) is 20.1. The fraction of sp³-hybridized carbons (Fsp3) is 0.125. The summed E-state index contributed by atoms with van der Waals surface area (Å²) in [7, 11) is 0. The van der Waals surface area contributed by atoms with Gasteiger partial charge in [0, 0.05) is 0 Å². The number of hydrogen-bond donors (Lipinski definition) is 2. The van der Waals surface area contributed by atoms with E-state index in [-0.39, 0.29) is 5.01 Å². The van der Waals surface area contributed by atoms with Gasteiger partial charge < -0.3 is 14.9 Å². The van der Waals surface area contributed by atoms with Crippen LogP contribution < -0.4 is 4.74 Å². The van der Waals surface area contributed by atoms with Crippen LogP contribution in [0.15, 0.2) is 54.6 Å². The second kappa shape index (κ2) is 5.75. The Bertz CT molecular complexity index is 769. The first-order valence-electron chi connectivity index (χ1n) is 6.61. The van der Waals surface area contributed by atoms with Crippen molar-refractivity contribution in [1.82, 2.24) is 4.98 Å². The molecule has 3 rings (SSSR count). The Morgan fingerprint density at radius 3 is 2.50 bits per heavy atom. The largest absolute Gasteiger partial charge is 0.481 e. The van der Waals surface area contributed by atoms with E-state index in [4.69, 9.17) is 9.84 Å². The molecule has 22 heavy (non-hydrogen) atoms. The summed E-state index contributed by atoms with van der Waals surface area (Å²) in [6, 6.07) is 16.0. The average Bonchev–Trinajstić information content (AvgIpc) is 2.92. The minimum atomic E-state index is -2.00. The summed E-state index contributed by atoms with van der Waals surface area (Å²) in [5.74, 6) is -2.79. The lowest BCUT2D eigenvalue weighted by atomic mass is 10.2. The molecule has 0 spiro atoms. The first-order valence-corrected chi connectivity index (χ1v) is 7.43. The third kappa shape index (κ3) is 2.93. The molecule has 1 atom stereocenters. The third-order valence-electron chi connectivity index (χ3n) is 3.05. The van der Waals surface area contributed by atoms with E-state index in [1.807, 2.05) is 18.2 Å². The van der Waals surface area contributed by atoms with E-state index in [1.54, 1.807) is 36.4 Å². The van der Waals surface area contributed by atoms with Gasteiger partial charge >= 0.3 is 5.97 Å². The number of rotatable bonds is 5. The minimum absolute atomic E-state index is 0.222. The first-order chi connectivity index (χ1) is 10.6. The summed E-state index contributed by atoms with van der Waals surface area (Å²) in [6.07, 6.45) is -0.596. The number of carboxylic acids is 1. The van der Waals surface area contributed by atoms with Crippen molar-refractivity contribution in [3.8, 4) is 5.75 Å². The molecule has 0 saturated heterocycles. The Hall–Kier alpha value is -2.44. The molecule has 112 valence electrons. The van der Waals surface area contributed by atoms with Crippen LogP contribution in [0.1, 0.15) is 11.4 Å². The topological polar surface area (TPSA) is 79.7 Å². The van der Waals surface area contributed by atoms with Crippen LogP contribution in [0.25, 0.3) is 10.2 Å². The number of thiazole rings is 1. The molecule has 1 aromatic heterocycles. The standard InChI is InChI=1S/C16H13NO4S/c18-14(19)10-16(20,21-11-6-2-1-3-7-11)15-17-12-8-4-5-9-13(12)22-15/h1-9,20H,10H2,(H,18,19). The summed E-state index contributed by atoms with van der Waals surface area (Å²) in [6.45, 7) is 0. The minimum Gasteiger partial charge on any atom is -0.481 e. The van der Waals surface area contributed by atoms with Gasteiger partial charge in [0.25, 0.3) is 5.79 Å². The molecule has 0 radical (unpaired) electrons. The summed E-state index contributed by atoms with van der Waals surface area (Å²) in [5.41, 5.74) is 0.697. The van der Waals surface area contributed by atoms with Gasteiger partial charge in [0.05, 0.1) is 10.2 Å². The summed E-state index contributed by atoms with van der Waals surface area (Å²) < 4.78 is 6.41. The number of nitrogens with zero attached hydrogens (tertiary/aromatic N) is 1. The van der Waals surface area contributed by atoms with Crippen molar-refractivity contribution in [2.24, 2.45) is 0 Å². The molecule has 0 bridgehead atoms. The zero-order valence-electron chi connectivity index (χ0n) is 11.5. The van der Waals surface area contributed by atoms with Gasteiger partial charge in [-0.25, -0.2) is 4.98 Å². The third-order valence-corrected chi connectivity index (χ3v) is 4.22. The summed E-state index contributed by atoms with van der Waals surface area (Å²) in [4.78, 5) is 15.4.